The van der Waals surface area contributed by atoms with Gasteiger partial charge in [0.2, 0.25) is 0 Å². The molecule has 0 radical (unpaired) electrons. The van der Waals surface area contributed by atoms with Crippen molar-refractivity contribution in [2.45, 2.75) is 32.7 Å². The Bertz CT molecular complexity index is 1830. The molecule has 4 aromatic carbocycles. The lowest BCUT2D eigenvalue weighted by Crippen LogP contribution is -2.45. The maximum absolute atomic E-state index is 12.5. The molecule has 0 fully saturated rings. The van der Waals surface area contributed by atoms with Crippen molar-refractivity contribution in [2.24, 2.45) is 5.10 Å². The number of fused-ring (bicyclic) bond motifs is 1. The van der Waals surface area contributed by atoms with Crippen molar-refractivity contribution < 1.29 is 33.6 Å². The fourth-order valence-corrected chi connectivity index (χ4v) is 5.72. The molecule has 1 heterocycles. The minimum absolute atomic E-state index is 0.133. The number of benzene rings is 4. The summed E-state index contributed by atoms with van der Waals surface area (Å²) in [5.74, 6) is 0.954. The van der Waals surface area contributed by atoms with E-state index in [0.717, 1.165) is 20.4 Å². The number of carbonyl (C=O) groups is 2. The summed E-state index contributed by atoms with van der Waals surface area (Å²) < 4.78 is 23.5. The highest BCUT2D eigenvalue weighted by Gasteiger charge is 2.32. The van der Waals surface area contributed by atoms with E-state index in [0.29, 0.717) is 36.0 Å². The van der Waals surface area contributed by atoms with Gasteiger partial charge in [-0.05, 0) is 100 Å². The fraction of sp³-hybridized carbons (Fsp3) is 0.229. The van der Waals surface area contributed by atoms with Gasteiger partial charge in [0.05, 0.1) is 35.1 Å². The van der Waals surface area contributed by atoms with Gasteiger partial charge in [-0.15, -0.1) is 0 Å². The predicted octanol–water partition coefficient (Wildman–Crippen LogP) is 5.54. The number of carbonyl (C=O) groups excluding carboxylic acids is 2. The van der Waals surface area contributed by atoms with Crippen LogP contribution in [0.3, 0.4) is 0 Å². The van der Waals surface area contributed by atoms with Gasteiger partial charge in [0.15, 0.2) is 17.7 Å². The van der Waals surface area contributed by atoms with E-state index in [9.17, 15) is 14.7 Å². The van der Waals surface area contributed by atoms with Crippen LogP contribution in [0.25, 0.3) is 10.8 Å². The van der Waals surface area contributed by atoms with Gasteiger partial charge in [0, 0.05) is 5.70 Å². The number of nitrogens with zero attached hydrogens (tertiary/aromatic N) is 1. The molecule has 244 valence electrons. The van der Waals surface area contributed by atoms with E-state index in [1.54, 1.807) is 31.3 Å². The molecular weight excluding hydrogens is 715 g/mol. The second-order valence-electron chi connectivity index (χ2n) is 10.6. The number of ether oxygens (including phenoxy) is 4. The maximum Gasteiger partial charge on any atom is 0.337 e. The van der Waals surface area contributed by atoms with Crippen LogP contribution in [0.4, 0.5) is 4.79 Å². The third-order valence-electron chi connectivity index (χ3n) is 7.27. The summed E-state index contributed by atoms with van der Waals surface area (Å²) in [5, 5.41) is 22.3. The number of methoxy groups -OCH3 is 1. The Morgan fingerprint density at radius 3 is 2.55 bits per heavy atom. The molecule has 47 heavy (non-hydrogen) atoms. The Labute approximate surface area is 286 Å². The lowest BCUT2D eigenvalue weighted by atomic mass is 9.95. The molecule has 2 amide bonds. The number of hydrazone groups is 1. The predicted molar refractivity (Wildman–Crippen MR) is 186 cm³/mol. The van der Waals surface area contributed by atoms with Gasteiger partial charge in [-0.1, -0.05) is 42.5 Å². The summed E-state index contributed by atoms with van der Waals surface area (Å²) in [7, 11) is 1.28. The van der Waals surface area contributed by atoms with Gasteiger partial charge in [-0.2, -0.15) is 5.10 Å². The highest BCUT2D eigenvalue weighted by atomic mass is 127. The van der Waals surface area contributed by atoms with Crippen LogP contribution in [0.5, 0.6) is 17.2 Å². The Balaban J connectivity index is 1.16. The largest absolute Gasteiger partial charge is 0.490 e. The average Bonchev–Trinajstić information content (AvgIpc) is 3.06. The molecule has 1 aliphatic rings. The second kappa shape index (κ2) is 15.6. The number of hydrogen-bond acceptors (Lipinski definition) is 9. The summed E-state index contributed by atoms with van der Waals surface area (Å²) >= 11 is 2.22. The number of allylic oxidation sites excluding steroid dienone is 1. The van der Waals surface area contributed by atoms with Crippen LogP contribution < -0.4 is 30.3 Å². The Morgan fingerprint density at radius 1 is 1.00 bits per heavy atom. The number of urea groups is 1. The van der Waals surface area contributed by atoms with Crippen LogP contribution in [-0.2, 0) is 16.1 Å². The van der Waals surface area contributed by atoms with E-state index in [-0.39, 0.29) is 12.2 Å². The number of nitrogens with one attached hydrogen (secondary N) is 3. The third-order valence-corrected chi connectivity index (χ3v) is 8.12. The van der Waals surface area contributed by atoms with E-state index < -0.39 is 24.3 Å². The quantitative estimate of drug-likeness (QED) is 0.0460. The molecule has 4 aromatic rings. The lowest BCUT2D eigenvalue weighted by molar-refractivity contribution is -0.136. The van der Waals surface area contributed by atoms with E-state index >= 15 is 0 Å². The minimum atomic E-state index is -1.12. The molecule has 4 N–H and O–H groups in total. The Kier molecular flexibility index (Phi) is 11.2. The summed E-state index contributed by atoms with van der Waals surface area (Å²) in [6.07, 6.45) is 0.477. The number of esters is 1. The summed E-state index contributed by atoms with van der Waals surface area (Å²) in [4.78, 5) is 24.6. The number of aliphatic hydroxyl groups excluding tert-OH is 1. The van der Waals surface area contributed by atoms with Crippen LogP contribution in [0.1, 0.15) is 36.6 Å². The highest BCUT2D eigenvalue weighted by Crippen LogP contribution is 2.35. The van der Waals surface area contributed by atoms with E-state index in [1.807, 2.05) is 37.3 Å². The van der Waals surface area contributed by atoms with Crippen LogP contribution in [0.2, 0.25) is 0 Å². The van der Waals surface area contributed by atoms with E-state index in [4.69, 9.17) is 18.9 Å². The number of rotatable bonds is 13. The van der Waals surface area contributed by atoms with Crippen LogP contribution >= 0.6 is 22.6 Å². The molecule has 0 unspecified atom stereocenters. The average molecular weight is 751 g/mol. The third kappa shape index (κ3) is 8.51. The van der Waals surface area contributed by atoms with Crippen molar-refractivity contribution in [3.05, 3.63) is 110 Å². The van der Waals surface area contributed by atoms with Crippen LogP contribution in [0, 0.1) is 3.57 Å². The van der Waals surface area contributed by atoms with Crippen molar-refractivity contribution in [3.8, 4) is 17.2 Å². The Hall–Kier alpha value is -4.82. The molecule has 1 aliphatic heterocycles. The lowest BCUT2D eigenvalue weighted by Gasteiger charge is -2.28. The number of amides is 2. The zero-order chi connectivity index (χ0) is 33.3. The normalized spacial score (nSPS) is 15.2. The van der Waals surface area contributed by atoms with Crippen LogP contribution in [-0.4, -0.2) is 49.9 Å². The van der Waals surface area contributed by atoms with Gasteiger partial charge in [-0.3, -0.25) is 5.43 Å². The molecule has 0 bridgehead atoms. The highest BCUT2D eigenvalue weighted by molar-refractivity contribution is 14.1. The smallest absolute Gasteiger partial charge is 0.337 e. The summed E-state index contributed by atoms with van der Waals surface area (Å²) in [6.45, 7) is 4.12. The van der Waals surface area contributed by atoms with Gasteiger partial charge in [-0.25, -0.2) is 9.59 Å². The van der Waals surface area contributed by atoms with E-state index in [2.05, 4.69) is 74.1 Å². The van der Waals surface area contributed by atoms with Gasteiger partial charge in [0.25, 0.3) is 0 Å². The van der Waals surface area contributed by atoms with Crippen molar-refractivity contribution >= 4 is 51.6 Å². The molecule has 0 saturated heterocycles. The van der Waals surface area contributed by atoms with Crippen molar-refractivity contribution in [1.82, 2.24) is 16.1 Å². The van der Waals surface area contributed by atoms with Crippen molar-refractivity contribution in [3.63, 3.8) is 0 Å². The zero-order valence-electron chi connectivity index (χ0n) is 26.1. The number of hydrogen-bond donors (Lipinski definition) is 4. The molecule has 0 aliphatic carbocycles. The van der Waals surface area contributed by atoms with Crippen molar-refractivity contribution in [1.29, 1.82) is 0 Å². The molecule has 12 heteroatoms. The van der Waals surface area contributed by atoms with E-state index in [1.165, 1.54) is 17.9 Å². The fourth-order valence-electron chi connectivity index (χ4n) is 5.02. The summed E-state index contributed by atoms with van der Waals surface area (Å²) in [6, 6.07) is 24.1. The first-order valence-corrected chi connectivity index (χ1v) is 16.0. The number of halogens is 1. The first-order valence-electron chi connectivity index (χ1n) is 14.9. The summed E-state index contributed by atoms with van der Waals surface area (Å²) in [5.41, 5.74) is 5.84. The molecule has 11 nitrogen and oxygen atoms in total. The molecule has 0 spiro atoms. The molecule has 5 rings (SSSR count). The van der Waals surface area contributed by atoms with Crippen molar-refractivity contribution in [2.75, 3.05) is 20.3 Å². The standard InChI is InChI=1S/C35H35IN4O7/c1-4-45-30-17-26(33-32(34(42)44-3)21(2)38-35(43)39-33)12-14-29(30)47-20-31(41)40-37-18-22-10-13-28(27(36)16-22)46-19-23-9-11-24-7-5-6-8-25(24)15-23/h5-18,31,33,40-41H,4,19-20H2,1-3H3,(H2,38,39,43)/b37-18-/t31-,33-/m0/s1. The SMILES string of the molecule is CCOc1cc([C@@H]2NC(=O)NC(C)=C2C(=O)OC)ccc1OC[C@H](O)N/N=C\c1ccc(OCc2ccc3ccccc3c2)c(I)c1. The second-order valence-corrected chi connectivity index (χ2v) is 11.7. The first-order chi connectivity index (χ1) is 22.7. The van der Waals surface area contributed by atoms with Crippen LogP contribution in [0.15, 0.2) is 95.2 Å². The molecule has 0 saturated carbocycles. The first kappa shape index (κ1) is 33.5. The topological polar surface area (TPSA) is 140 Å². The van der Waals surface area contributed by atoms with Gasteiger partial charge in [0.1, 0.15) is 19.0 Å². The maximum atomic E-state index is 12.5. The molecule has 0 aromatic heterocycles. The van der Waals surface area contributed by atoms with Gasteiger partial charge < -0.3 is 34.7 Å². The Morgan fingerprint density at radius 2 is 1.79 bits per heavy atom. The van der Waals surface area contributed by atoms with Gasteiger partial charge >= 0.3 is 12.0 Å². The number of aliphatic hydroxyl groups is 1. The zero-order valence-corrected chi connectivity index (χ0v) is 28.2. The molecular formula is C35H35IN4O7. The minimum Gasteiger partial charge on any atom is -0.490 e. The molecule has 2 atom stereocenters. The monoisotopic (exact) mass is 750 g/mol.